The maximum atomic E-state index is 14.5. The van der Waals surface area contributed by atoms with E-state index < -0.39 is 0 Å². The Balaban J connectivity index is 1.28. The molecule has 5 aromatic rings. The van der Waals surface area contributed by atoms with Gasteiger partial charge in [-0.05, 0) is 84.2 Å². The average molecular weight is 671 g/mol. The third kappa shape index (κ3) is 5.01. The monoisotopic (exact) mass is 669 g/mol. The van der Waals surface area contributed by atoms with Gasteiger partial charge in [-0.1, -0.05) is 41.9 Å². The van der Waals surface area contributed by atoms with Crippen LogP contribution < -0.4 is 4.90 Å². The zero-order valence-electron chi connectivity index (χ0n) is 24.1. The van der Waals surface area contributed by atoms with E-state index in [2.05, 4.69) is 43.2 Å². The molecule has 2 aliphatic heterocycles. The van der Waals surface area contributed by atoms with Crippen LogP contribution in [0.1, 0.15) is 46.7 Å². The first-order chi connectivity index (χ1) is 21.3. The van der Waals surface area contributed by atoms with Gasteiger partial charge in [0.15, 0.2) is 5.82 Å². The van der Waals surface area contributed by atoms with Gasteiger partial charge < -0.3 is 9.88 Å². The number of nitrogens with one attached hydrogen (secondary N) is 1. The fraction of sp³-hybridized carbons (Fsp3) is 0.242. The van der Waals surface area contributed by atoms with Crippen molar-refractivity contribution in [2.45, 2.75) is 38.8 Å². The summed E-state index contributed by atoms with van der Waals surface area (Å²) in [6.07, 6.45) is 2.98. The number of rotatable bonds is 5. The number of hydrogen-bond acceptors (Lipinski definition) is 5. The quantitative estimate of drug-likeness (QED) is 0.223. The van der Waals surface area contributed by atoms with E-state index in [-0.39, 0.29) is 29.8 Å². The smallest absolute Gasteiger partial charge is 0.254 e. The lowest BCUT2D eigenvalue weighted by Crippen LogP contribution is -2.56. The highest BCUT2D eigenvalue weighted by Gasteiger charge is 2.48. The summed E-state index contributed by atoms with van der Waals surface area (Å²) in [5, 5.41) is 13.6. The number of carbonyl (C=O) groups excluding carboxylic acids is 2. The minimum atomic E-state index is -0.351. The zero-order valence-corrected chi connectivity index (χ0v) is 26.5. The first kappa shape index (κ1) is 28.5. The Morgan fingerprint density at radius 1 is 1.07 bits per heavy atom. The molecule has 1 fully saturated rings. The number of carbonyl (C=O) groups is 2. The Hall–Kier alpha value is -4.28. The molecule has 44 heavy (non-hydrogen) atoms. The molecule has 2 aliphatic rings. The van der Waals surface area contributed by atoms with Gasteiger partial charge in [-0.25, -0.2) is 4.68 Å². The van der Waals surface area contributed by atoms with Crippen molar-refractivity contribution in [2.24, 2.45) is 5.92 Å². The summed E-state index contributed by atoms with van der Waals surface area (Å²) in [7, 11) is 0. The van der Waals surface area contributed by atoms with Crippen molar-refractivity contribution in [3.63, 3.8) is 0 Å². The molecule has 0 radical (unpaired) electrons. The number of nitrogens with zero attached hydrogens (tertiary/aromatic N) is 6. The Morgan fingerprint density at radius 2 is 1.84 bits per heavy atom. The van der Waals surface area contributed by atoms with E-state index >= 15 is 0 Å². The van der Waals surface area contributed by atoms with Crippen molar-refractivity contribution in [2.75, 3.05) is 11.4 Å². The van der Waals surface area contributed by atoms with Crippen LogP contribution in [0.25, 0.3) is 11.4 Å². The number of halogens is 2. The zero-order chi connectivity index (χ0) is 30.5. The predicted molar refractivity (Wildman–Crippen MR) is 172 cm³/mol. The molecule has 0 saturated carbocycles. The average Bonchev–Trinajstić information content (AvgIpc) is 3.65. The number of piperidine rings is 1. The lowest BCUT2D eigenvalue weighted by molar-refractivity contribution is -0.126. The number of likely N-dealkylation sites (tertiary alicyclic amines) is 1. The van der Waals surface area contributed by atoms with Crippen molar-refractivity contribution in [3.05, 3.63) is 111 Å². The van der Waals surface area contributed by atoms with E-state index in [1.54, 1.807) is 23.1 Å². The van der Waals surface area contributed by atoms with Gasteiger partial charge in [0, 0.05) is 40.2 Å². The molecule has 2 unspecified atom stereocenters. The molecule has 2 aromatic heterocycles. The molecular formula is C33H29BrClN7O2. The van der Waals surface area contributed by atoms with Crippen LogP contribution in [0.2, 0.25) is 5.02 Å². The molecule has 4 heterocycles. The first-order valence-electron chi connectivity index (χ1n) is 14.5. The molecule has 1 saturated heterocycles. The molecule has 0 aliphatic carbocycles. The number of aryl methyl sites for hydroxylation is 1. The number of hydrogen-bond donors (Lipinski definition) is 1. The maximum absolute atomic E-state index is 14.5. The molecule has 0 bridgehead atoms. The summed E-state index contributed by atoms with van der Waals surface area (Å²) in [5.74, 6) is 1.68. The first-order valence-corrected chi connectivity index (χ1v) is 15.7. The molecular weight excluding hydrogens is 642 g/mol. The number of anilines is 2. The molecule has 7 rings (SSSR count). The highest BCUT2D eigenvalue weighted by Crippen LogP contribution is 2.45. The van der Waals surface area contributed by atoms with Crippen LogP contribution in [0.15, 0.2) is 83.5 Å². The molecule has 1 N–H and O–H groups in total. The van der Waals surface area contributed by atoms with Crippen molar-refractivity contribution in [1.29, 1.82) is 0 Å². The predicted octanol–water partition coefficient (Wildman–Crippen LogP) is 6.75. The van der Waals surface area contributed by atoms with E-state index in [9.17, 15) is 9.59 Å². The van der Waals surface area contributed by atoms with Crippen LogP contribution in [0, 0.1) is 12.8 Å². The van der Waals surface area contributed by atoms with Crippen LogP contribution in [0.5, 0.6) is 0 Å². The van der Waals surface area contributed by atoms with Gasteiger partial charge in [0.05, 0.1) is 28.9 Å². The van der Waals surface area contributed by atoms with Crippen molar-refractivity contribution in [3.8, 4) is 11.4 Å². The largest absolute Gasteiger partial charge is 0.334 e. The normalized spacial score (nSPS) is 19.5. The molecule has 3 atom stereocenters. The topological polar surface area (TPSA) is 100 Å². The fourth-order valence-corrected chi connectivity index (χ4v) is 6.76. The second kappa shape index (κ2) is 11.3. The third-order valence-corrected chi connectivity index (χ3v) is 9.78. The molecule has 222 valence electrons. The van der Waals surface area contributed by atoms with Crippen LogP contribution in [-0.4, -0.2) is 54.3 Å². The number of aromatic amines is 1. The Morgan fingerprint density at radius 3 is 2.55 bits per heavy atom. The van der Waals surface area contributed by atoms with E-state index in [4.69, 9.17) is 16.7 Å². The van der Waals surface area contributed by atoms with Gasteiger partial charge in [-0.15, -0.1) is 10.2 Å². The third-order valence-electron chi connectivity index (χ3n) is 8.54. The van der Waals surface area contributed by atoms with E-state index in [1.165, 1.54) is 0 Å². The Kier molecular flexibility index (Phi) is 7.34. The molecule has 3 aromatic carbocycles. The van der Waals surface area contributed by atoms with E-state index in [0.717, 1.165) is 38.5 Å². The summed E-state index contributed by atoms with van der Waals surface area (Å²) < 4.78 is 2.69. The Labute approximate surface area is 268 Å². The van der Waals surface area contributed by atoms with Gasteiger partial charge in [-0.2, -0.15) is 5.10 Å². The number of aromatic nitrogens is 5. The van der Waals surface area contributed by atoms with E-state index in [0.29, 0.717) is 35.8 Å². The van der Waals surface area contributed by atoms with Crippen LogP contribution in [0.3, 0.4) is 0 Å². The fourth-order valence-electron chi connectivity index (χ4n) is 6.34. The minimum Gasteiger partial charge on any atom is -0.334 e. The standard InChI is InChI=1S/C33H29BrClN7O2/c1-19-14-26-29(18-40(19)32(43)23-10-13-27(34)28(35)16-23)42-31(24(17-36-42)15-21-6-4-3-5-7-21)41(33(26)44)25-11-8-22(9-12-25)30-37-20(2)38-39-30/h3-13,16-17,19,26,29H,14-15,18H2,1-2H3,(H,37,38,39)/t19-,26?,29?/m1/s1. The number of amides is 2. The number of fused-ring (bicyclic) bond motifs is 3. The van der Waals surface area contributed by atoms with Gasteiger partial charge in [0.25, 0.3) is 5.91 Å². The second-order valence-electron chi connectivity index (χ2n) is 11.4. The maximum Gasteiger partial charge on any atom is 0.254 e. The lowest BCUT2D eigenvalue weighted by atomic mass is 9.84. The molecule has 11 heteroatoms. The van der Waals surface area contributed by atoms with Crippen LogP contribution in [-0.2, 0) is 11.2 Å². The highest BCUT2D eigenvalue weighted by molar-refractivity contribution is 9.10. The van der Waals surface area contributed by atoms with E-state index in [1.807, 2.05) is 72.1 Å². The number of H-pyrrole nitrogens is 1. The summed E-state index contributed by atoms with van der Waals surface area (Å²) >= 11 is 9.73. The molecule has 2 amide bonds. The van der Waals surface area contributed by atoms with Gasteiger partial charge >= 0.3 is 0 Å². The summed E-state index contributed by atoms with van der Waals surface area (Å²) in [6.45, 7) is 4.22. The Bertz CT molecular complexity index is 1870. The SMILES string of the molecule is Cc1nnc(-c2ccc(N3C(=O)C4C[C@@H](C)N(C(=O)c5ccc(Br)c(Cl)c5)CC4n4ncc(Cc5ccccc5)c43)cc2)[nH]1. The van der Waals surface area contributed by atoms with Crippen LogP contribution >= 0.6 is 27.5 Å². The van der Waals surface area contributed by atoms with Crippen molar-refractivity contribution in [1.82, 2.24) is 29.9 Å². The lowest BCUT2D eigenvalue weighted by Gasteiger charge is -2.47. The minimum absolute atomic E-state index is 0.00575. The second-order valence-corrected chi connectivity index (χ2v) is 12.7. The van der Waals surface area contributed by atoms with Gasteiger partial charge in [0.1, 0.15) is 11.6 Å². The van der Waals surface area contributed by atoms with Crippen molar-refractivity contribution >= 4 is 50.9 Å². The van der Waals surface area contributed by atoms with Gasteiger partial charge in [0.2, 0.25) is 5.91 Å². The van der Waals surface area contributed by atoms with Crippen molar-refractivity contribution < 1.29 is 9.59 Å². The highest BCUT2D eigenvalue weighted by atomic mass is 79.9. The molecule has 0 spiro atoms. The number of benzene rings is 3. The summed E-state index contributed by atoms with van der Waals surface area (Å²) in [6, 6.07) is 22.7. The summed E-state index contributed by atoms with van der Waals surface area (Å²) in [5.41, 5.74) is 4.20. The molecule has 9 nitrogen and oxygen atoms in total. The summed E-state index contributed by atoms with van der Waals surface area (Å²) in [4.78, 5) is 35.0. The van der Waals surface area contributed by atoms with Gasteiger partial charge in [-0.3, -0.25) is 14.5 Å². The van der Waals surface area contributed by atoms with Crippen LogP contribution in [0.4, 0.5) is 11.5 Å².